The van der Waals surface area contributed by atoms with Crippen molar-refractivity contribution in [2.24, 2.45) is 5.73 Å². The number of ether oxygens (including phenoxy) is 1. The molecule has 138 valence electrons. The molecule has 7 heteroatoms. The summed E-state index contributed by atoms with van der Waals surface area (Å²) in [6, 6.07) is 6.02. The van der Waals surface area contributed by atoms with Gasteiger partial charge in [0.1, 0.15) is 5.75 Å². The smallest absolute Gasteiger partial charge is 0.290 e. The van der Waals surface area contributed by atoms with Crippen LogP contribution in [0.15, 0.2) is 23.1 Å². The summed E-state index contributed by atoms with van der Waals surface area (Å²) in [6.45, 7) is 1.67. The molecule has 0 bridgehead atoms. The minimum Gasteiger partial charge on any atom is -0.488 e. The summed E-state index contributed by atoms with van der Waals surface area (Å²) in [6.07, 6.45) is 7.47. The molecule has 3 N–H and O–H groups in total. The molecule has 0 spiro atoms. The largest absolute Gasteiger partial charge is 0.488 e. The fourth-order valence-corrected chi connectivity index (χ4v) is 4.21. The molecule has 1 aliphatic carbocycles. The van der Waals surface area contributed by atoms with Crippen LogP contribution in [-0.4, -0.2) is 36.4 Å². The monoisotopic (exact) mass is 373 g/mol. The Hall–Kier alpha value is -1.99. The number of para-hydroxylation sites is 1. The fraction of sp³-hybridized carbons (Fsp3) is 0.474. The number of benzene rings is 1. The molecular weight excluding hydrogens is 350 g/mol. The fourth-order valence-electron chi connectivity index (χ4n) is 3.53. The summed E-state index contributed by atoms with van der Waals surface area (Å²) in [5, 5.41) is 1.98. The van der Waals surface area contributed by atoms with Gasteiger partial charge in [0.25, 0.3) is 11.1 Å². The van der Waals surface area contributed by atoms with Gasteiger partial charge < -0.3 is 15.4 Å². The Balaban J connectivity index is 1.72. The first kappa shape index (κ1) is 17.4. The van der Waals surface area contributed by atoms with Gasteiger partial charge in [0.15, 0.2) is 0 Å². The number of amides is 2. The Morgan fingerprint density at radius 1 is 1.23 bits per heavy atom. The van der Waals surface area contributed by atoms with Crippen LogP contribution in [0.2, 0.25) is 0 Å². The Bertz CT molecular complexity index is 760. The van der Waals surface area contributed by atoms with Crippen molar-refractivity contribution in [1.29, 1.82) is 0 Å². The Morgan fingerprint density at radius 3 is 2.73 bits per heavy atom. The summed E-state index contributed by atoms with van der Waals surface area (Å²) in [4.78, 5) is 26.1. The number of rotatable bonds is 4. The standard InChI is InChI=1S/C19H23N3O3S/c20-13-5-3-9-22(11-13)17-12(10-16-18(23)21-19(24)26-16)4-1-8-15(17)25-14-6-2-7-14/h1,4,8,10,13-14H,2-3,5-7,9,11,20H2,(H,21,23,24)/t13-/m1/s1. The van der Waals surface area contributed by atoms with Gasteiger partial charge >= 0.3 is 0 Å². The molecule has 6 nitrogen and oxygen atoms in total. The van der Waals surface area contributed by atoms with Crippen LogP contribution in [0.4, 0.5) is 10.5 Å². The van der Waals surface area contributed by atoms with Crippen molar-refractivity contribution in [2.45, 2.75) is 44.2 Å². The molecule has 4 rings (SSSR count). The number of nitrogens with two attached hydrogens (primary N) is 1. The Kier molecular flexibility index (Phi) is 4.91. The van der Waals surface area contributed by atoms with Gasteiger partial charge in [0.2, 0.25) is 0 Å². The van der Waals surface area contributed by atoms with Crippen LogP contribution >= 0.6 is 11.8 Å². The minimum atomic E-state index is -0.341. The lowest BCUT2D eigenvalue weighted by atomic mass is 9.96. The number of hydrogen-bond acceptors (Lipinski definition) is 6. The van der Waals surface area contributed by atoms with Crippen LogP contribution in [0.5, 0.6) is 5.75 Å². The summed E-state index contributed by atoms with van der Waals surface area (Å²) < 4.78 is 6.24. The van der Waals surface area contributed by atoms with Gasteiger partial charge in [-0.1, -0.05) is 12.1 Å². The second-order valence-corrected chi connectivity index (χ2v) is 8.08. The zero-order valence-corrected chi connectivity index (χ0v) is 15.4. The maximum Gasteiger partial charge on any atom is 0.290 e. The zero-order valence-electron chi connectivity index (χ0n) is 14.6. The molecular formula is C19H23N3O3S. The van der Waals surface area contributed by atoms with Gasteiger partial charge in [-0.05, 0) is 56.0 Å². The molecule has 3 fully saturated rings. The summed E-state index contributed by atoms with van der Waals surface area (Å²) in [5.41, 5.74) is 8.07. The van der Waals surface area contributed by atoms with Crippen LogP contribution in [0, 0.1) is 0 Å². The number of imide groups is 1. The van der Waals surface area contributed by atoms with Gasteiger partial charge in [-0.25, -0.2) is 0 Å². The van der Waals surface area contributed by atoms with Crippen molar-refractivity contribution < 1.29 is 14.3 Å². The van der Waals surface area contributed by atoms with E-state index in [-0.39, 0.29) is 23.3 Å². The number of carbonyl (C=O) groups excluding carboxylic acids is 2. The van der Waals surface area contributed by atoms with Crippen molar-refractivity contribution in [3.63, 3.8) is 0 Å². The topological polar surface area (TPSA) is 84.7 Å². The second-order valence-electron chi connectivity index (χ2n) is 7.07. The molecule has 0 unspecified atom stereocenters. The molecule has 2 saturated heterocycles. The van der Waals surface area contributed by atoms with Crippen LogP contribution in [0.1, 0.15) is 37.7 Å². The quantitative estimate of drug-likeness (QED) is 0.790. The minimum absolute atomic E-state index is 0.131. The van der Waals surface area contributed by atoms with Gasteiger partial charge in [-0.3, -0.25) is 14.9 Å². The number of thioether (sulfide) groups is 1. The Labute approximate surface area is 157 Å². The number of nitrogens with one attached hydrogen (secondary N) is 1. The van der Waals surface area contributed by atoms with Crippen molar-refractivity contribution in [3.8, 4) is 5.75 Å². The molecule has 2 amide bonds. The molecule has 1 atom stereocenters. The summed E-state index contributed by atoms with van der Waals surface area (Å²) >= 11 is 0.937. The highest BCUT2D eigenvalue weighted by atomic mass is 32.2. The third-order valence-corrected chi connectivity index (χ3v) is 5.89. The average Bonchev–Trinajstić information content (AvgIpc) is 2.88. The second kappa shape index (κ2) is 7.32. The number of nitrogens with zero attached hydrogens (tertiary/aromatic N) is 1. The van der Waals surface area contributed by atoms with E-state index in [4.69, 9.17) is 10.5 Å². The molecule has 1 aromatic carbocycles. The zero-order chi connectivity index (χ0) is 18.1. The SMILES string of the molecule is N[C@@H]1CCCN(c2c(C=C3SC(=O)NC3=O)cccc2OC2CCC2)C1. The lowest BCUT2D eigenvalue weighted by molar-refractivity contribution is -0.115. The van der Waals surface area contributed by atoms with E-state index in [1.807, 2.05) is 18.2 Å². The van der Waals surface area contributed by atoms with Gasteiger partial charge in [-0.2, -0.15) is 0 Å². The molecule has 1 aromatic rings. The van der Waals surface area contributed by atoms with E-state index in [1.54, 1.807) is 6.08 Å². The van der Waals surface area contributed by atoms with Crippen LogP contribution in [0.25, 0.3) is 6.08 Å². The molecule has 26 heavy (non-hydrogen) atoms. The first-order valence-corrected chi connectivity index (χ1v) is 9.97. The number of carbonyl (C=O) groups is 2. The first-order chi connectivity index (χ1) is 12.6. The van der Waals surface area contributed by atoms with Crippen LogP contribution in [-0.2, 0) is 4.79 Å². The van der Waals surface area contributed by atoms with Gasteiger partial charge in [-0.15, -0.1) is 0 Å². The highest BCUT2D eigenvalue weighted by Gasteiger charge is 2.28. The predicted octanol–water partition coefficient (Wildman–Crippen LogP) is 2.87. The van der Waals surface area contributed by atoms with Crippen molar-refractivity contribution in [1.82, 2.24) is 5.32 Å². The molecule has 2 aliphatic heterocycles. The first-order valence-electron chi connectivity index (χ1n) is 9.15. The van der Waals surface area contributed by atoms with E-state index in [2.05, 4.69) is 10.2 Å². The van der Waals surface area contributed by atoms with Crippen molar-refractivity contribution >= 4 is 34.7 Å². The molecule has 1 saturated carbocycles. The average molecular weight is 373 g/mol. The highest BCUT2D eigenvalue weighted by molar-refractivity contribution is 8.18. The normalized spacial score (nSPS) is 25.3. The molecule has 0 aromatic heterocycles. The van der Waals surface area contributed by atoms with E-state index >= 15 is 0 Å². The van der Waals surface area contributed by atoms with Crippen molar-refractivity contribution in [3.05, 3.63) is 28.7 Å². The lowest BCUT2D eigenvalue weighted by Gasteiger charge is -2.36. The van der Waals surface area contributed by atoms with Crippen LogP contribution in [0.3, 0.4) is 0 Å². The van der Waals surface area contributed by atoms with E-state index < -0.39 is 0 Å². The third kappa shape index (κ3) is 3.59. The number of hydrogen-bond donors (Lipinski definition) is 2. The number of anilines is 1. The van der Waals surface area contributed by atoms with E-state index in [0.29, 0.717) is 4.91 Å². The maximum absolute atomic E-state index is 12.0. The summed E-state index contributed by atoms with van der Waals surface area (Å²) in [7, 11) is 0. The lowest BCUT2D eigenvalue weighted by Crippen LogP contribution is -2.43. The van der Waals surface area contributed by atoms with Crippen LogP contribution < -0.4 is 20.7 Å². The third-order valence-electron chi connectivity index (χ3n) is 5.08. The van der Waals surface area contributed by atoms with Gasteiger partial charge in [0.05, 0.1) is 16.7 Å². The highest BCUT2D eigenvalue weighted by Crippen LogP contribution is 2.39. The Morgan fingerprint density at radius 2 is 2.08 bits per heavy atom. The van der Waals surface area contributed by atoms with E-state index in [1.165, 1.54) is 6.42 Å². The molecule has 2 heterocycles. The van der Waals surface area contributed by atoms with E-state index in [9.17, 15) is 9.59 Å². The predicted molar refractivity (Wildman–Crippen MR) is 103 cm³/mol. The van der Waals surface area contributed by atoms with E-state index in [0.717, 1.165) is 67.5 Å². The van der Waals surface area contributed by atoms with Gasteiger partial charge in [0, 0.05) is 24.7 Å². The molecule has 0 radical (unpaired) electrons. The number of piperidine rings is 1. The van der Waals surface area contributed by atoms with Crippen molar-refractivity contribution in [2.75, 3.05) is 18.0 Å². The summed E-state index contributed by atoms with van der Waals surface area (Å²) in [5.74, 6) is 0.500. The molecule has 3 aliphatic rings. The maximum atomic E-state index is 12.0.